The summed E-state index contributed by atoms with van der Waals surface area (Å²) in [5.41, 5.74) is 15.5. The molecule has 4 N–H and O–H groups in total. The monoisotopic (exact) mass is 1990 g/mol. The largest absolute Gasteiger partial charge is 0.493 e. The Labute approximate surface area is 870 Å². The Bertz CT molecular complexity index is 6260. The van der Waals surface area contributed by atoms with E-state index in [2.05, 4.69) is 21.4 Å². The summed E-state index contributed by atoms with van der Waals surface area (Å²) >= 11 is 1.64. The predicted molar refractivity (Wildman–Crippen MR) is 576 cm³/mol. The molecule has 0 aliphatic heterocycles. The summed E-state index contributed by atoms with van der Waals surface area (Å²) in [5, 5.41) is 39.3. The van der Waals surface area contributed by atoms with Crippen LogP contribution in [0.15, 0.2) is 381 Å². The SMILES string of the molecule is [2H]C(c1ccccc1OCCCCCC(=O)O)N(C(=O)c1ccc(-c2ccsc2)cc1)C1CC1.[2H]C(c1ccccc1OCCCCCC(=O)O)N(Cc1ccccc1)C(=O)c1ccc(-c2ccccc2)cc1.[2H]C(c1ccccc1OCCCCCC(=O)O)N(Cc1ccccc1)C(=O)c1ccc(-c2cccnc2)cc1.[2H]C(c1ccccc1OCCCCCC(=O)O)N(Cc1ccccc1)C(=O)c1ccc(-c2ccncc2)cc1. The second-order valence-corrected chi connectivity index (χ2v) is 36.0. The number of para-hydroxylation sites is 4. The Balaban J connectivity index is 0.000000168. The zero-order chi connectivity index (χ0) is 106. The Morgan fingerprint density at radius 3 is 0.878 bits per heavy atom. The van der Waals surface area contributed by atoms with Crippen molar-refractivity contribution in [2.24, 2.45) is 0 Å². The standard InChI is InChI=1S/C33H33NO4.2C32H32N2O4.C27H29NO4S/c35-32(36)18-8-3-11-23-38-31-17-10-9-16-30(31)25-34(24-26-12-4-1-5-13-26)33(37)29-21-19-28(20-22-29)27-14-6-2-7-15-27;35-31(36)15-5-2-8-21-38-30-14-7-6-12-29(30)24-34(23-25-10-3-1-4-11-25)32(37)27-18-16-26(17-19-27)28-13-9-20-33-22-28;35-31(36)13-5-2-8-22-38-30-12-7-6-11-29(30)24-34(23-25-9-3-1-4-10-25)32(37)28-16-14-26(15-17-28)27-18-20-33-21-19-27;29-26(30)8-2-1-5-16-32-25-7-4-3-6-22(25)18-28(24-13-14-24)27(31)21-11-9-20(10-12-21)23-15-17-33-19-23/h1-2,4-7,9-10,12-17,19-22H,3,8,11,18,23-25H2,(H,35,36);1,3-4,6-7,9-14,16-20,22H,2,5,8,15,21,23-24H2,(H,35,36);1,3-4,6-7,9-12,14-21H,2,5,8,13,22-24H2,(H,35,36);3-4,6-7,9-12,15,17,19,24H,1-2,5,8,13-14,16,18H2,(H,29,30)/i25D;2*24D;18D. The third-order valence-electron chi connectivity index (χ3n) is 24.1. The molecule has 147 heavy (non-hydrogen) atoms. The first-order valence-corrected chi connectivity index (χ1v) is 50.7. The van der Waals surface area contributed by atoms with Crippen LogP contribution in [0.25, 0.3) is 44.5 Å². The Morgan fingerprint density at radius 2 is 0.565 bits per heavy atom. The number of carboxylic acids is 4. The van der Waals surface area contributed by atoms with Gasteiger partial charge < -0.3 is 59.0 Å². The molecule has 4 atom stereocenters. The van der Waals surface area contributed by atoms with Crippen LogP contribution in [-0.2, 0) is 64.9 Å². The molecule has 1 saturated carbocycles. The molecule has 16 rings (SSSR count). The summed E-state index contributed by atoms with van der Waals surface area (Å²) in [6, 6.07) is 108. The first-order valence-electron chi connectivity index (χ1n) is 52.0. The van der Waals surface area contributed by atoms with Crippen LogP contribution in [0.4, 0.5) is 0 Å². The lowest BCUT2D eigenvalue weighted by Gasteiger charge is -2.24. The normalized spacial score (nSPS) is 12.4. The fourth-order valence-corrected chi connectivity index (χ4v) is 16.7. The average molecular weight is 1990 g/mol. The average Bonchev–Trinajstić information content (AvgIpc) is 1.76. The number of carbonyl (C=O) groups excluding carboxylic acids is 4. The van der Waals surface area contributed by atoms with Gasteiger partial charge >= 0.3 is 23.9 Å². The molecule has 15 aromatic rings. The minimum absolute atomic E-state index is 0.0654. The Hall–Kier alpha value is -16.4. The highest BCUT2D eigenvalue weighted by Gasteiger charge is 2.34. The predicted octanol–water partition coefficient (Wildman–Crippen LogP) is 26.7. The fraction of sp³-hybridized carbons (Fsp3) is 0.242. The molecular weight excluding hydrogens is 1860 g/mol. The zero-order valence-corrected chi connectivity index (χ0v) is 83.0. The van der Waals surface area contributed by atoms with E-state index in [0.717, 1.165) is 106 Å². The van der Waals surface area contributed by atoms with Gasteiger partial charge in [-0.2, -0.15) is 11.3 Å². The lowest BCUT2D eigenvalue weighted by atomic mass is 10.0. The van der Waals surface area contributed by atoms with Crippen LogP contribution in [-0.4, -0.2) is 130 Å². The molecule has 1 aliphatic rings. The summed E-state index contributed by atoms with van der Waals surface area (Å²) < 4.78 is 60.4. The van der Waals surface area contributed by atoms with Gasteiger partial charge in [-0.15, -0.1) is 0 Å². The van der Waals surface area contributed by atoms with Gasteiger partial charge in [0.25, 0.3) is 23.6 Å². The number of aromatic nitrogens is 2. The van der Waals surface area contributed by atoms with Crippen molar-refractivity contribution < 1.29 is 83.2 Å². The lowest BCUT2D eigenvalue weighted by molar-refractivity contribution is -0.138. The number of carboxylic acid groups (broad SMARTS) is 4. The number of amides is 4. The van der Waals surface area contributed by atoms with Gasteiger partial charge in [-0.25, -0.2) is 0 Å². The highest BCUT2D eigenvalue weighted by Crippen LogP contribution is 2.35. The Morgan fingerprint density at radius 1 is 0.279 bits per heavy atom. The van der Waals surface area contributed by atoms with E-state index >= 15 is 0 Å². The van der Waals surface area contributed by atoms with Crippen molar-refractivity contribution in [3.8, 4) is 67.5 Å². The van der Waals surface area contributed by atoms with E-state index in [4.69, 9.17) is 43.5 Å². The van der Waals surface area contributed by atoms with E-state index in [1.807, 2.05) is 321 Å². The maximum absolute atomic E-state index is 13.8. The van der Waals surface area contributed by atoms with Crippen LogP contribution < -0.4 is 18.9 Å². The van der Waals surface area contributed by atoms with Gasteiger partial charge in [-0.1, -0.05) is 249 Å². The highest BCUT2D eigenvalue weighted by molar-refractivity contribution is 7.08. The number of carbonyl (C=O) groups is 8. The second kappa shape index (κ2) is 59.0. The van der Waals surface area contributed by atoms with Crippen molar-refractivity contribution in [2.75, 3.05) is 26.4 Å². The van der Waals surface area contributed by atoms with Crippen molar-refractivity contribution in [1.29, 1.82) is 0 Å². The number of unbranched alkanes of at least 4 members (excludes halogenated alkanes) is 8. The van der Waals surface area contributed by atoms with E-state index in [1.165, 1.54) is 0 Å². The number of hydrogen-bond acceptors (Lipinski definition) is 15. The zero-order valence-electron chi connectivity index (χ0n) is 86.2. The van der Waals surface area contributed by atoms with E-state index in [9.17, 15) is 39.7 Å². The van der Waals surface area contributed by atoms with E-state index in [-0.39, 0.29) is 75.0 Å². The lowest BCUT2D eigenvalue weighted by Crippen LogP contribution is -2.32. The topological polar surface area (TPSA) is 293 Å². The van der Waals surface area contributed by atoms with Crippen molar-refractivity contribution in [2.45, 2.75) is 167 Å². The van der Waals surface area contributed by atoms with Gasteiger partial charge in [0.15, 0.2) is 0 Å². The van der Waals surface area contributed by atoms with Gasteiger partial charge in [0.05, 0.1) is 31.9 Å². The summed E-state index contributed by atoms with van der Waals surface area (Å²) in [7, 11) is 0. The maximum Gasteiger partial charge on any atom is 0.303 e. The Kier molecular flexibility index (Phi) is 41.0. The van der Waals surface area contributed by atoms with Crippen LogP contribution in [0.2, 0.25) is 0 Å². The second-order valence-electron chi connectivity index (χ2n) is 35.2. The van der Waals surface area contributed by atoms with Crippen LogP contribution in [0, 0.1) is 0 Å². The van der Waals surface area contributed by atoms with Gasteiger partial charge in [-0.3, -0.25) is 48.3 Å². The van der Waals surface area contributed by atoms with Crippen LogP contribution in [0.5, 0.6) is 23.0 Å². The van der Waals surface area contributed by atoms with E-state index in [1.54, 1.807) is 80.0 Å². The molecule has 0 saturated heterocycles. The maximum atomic E-state index is 13.8. The number of nitrogens with zero attached hydrogens (tertiary/aromatic N) is 6. The molecule has 754 valence electrons. The molecule has 0 radical (unpaired) electrons. The molecule has 3 aromatic heterocycles. The number of rotatable bonds is 51. The molecule has 4 amide bonds. The third-order valence-corrected chi connectivity index (χ3v) is 24.7. The number of hydrogen-bond donors (Lipinski definition) is 4. The summed E-state index contributed by atoms with van der Waals surface area (Å²) in [4.78, 5) is 112. The molecule has 4 unspecified atom stereocenters. The van der Waals surface area contributed by atoms with Crippen LogP contribution >= 0.6 is 11.3 Å². The molecule has 0 bridgehead atoms. The first kappa shape index (κ1) is 102. The van der Waals surface area contributed by atoms with Gasteiger partial charge in [-0.05, 0) is 259 Å². The number of thiophene rings is 1. The third kappa shape index (κ3) is 36.2. The van der Waals surface area contributed by atoms with Crippen molar-refractivity contribution in [3.63, 3.8) is 0 Å². The highest BCUT2D eigenvalue weighted by atomic mass is 32.1. The molecular formula is C124H126N6O16S. The fourth-order valence-electron chi connectivity index (χ4n) is 16.0. The van der Waals surface area contributed by atoms with Gasteiger partial charge in [0, 0.05) is 147 Å². The molecule has 23 heteroatoms. The van der Waals surface area contributed by atoms with Crippen LogP contribution in [0.1, 0.15) is 201 Å². The quantitative estimate of drug-likeness (QED) is 0.0258. The summed E-state index contributed by atoms with van der Waals surface area (Å²) in [6.07, 6.45) is 17.7. The molecule has 1 aliphatic carbocycles. The van der Waals surface area contributed by atoms with Gasteiger partial charge in [0.1, 0.15) is 23.0 Å². The molecule has 22 nitrogen and oxygen atoms in total. The first-order chi connectivity index (χ1) is 73.6. The number of benzene rings is 12. The number of ether oxygens (including phenoxy) is 4. The number of aliphatic carboxylic acids is 4. The number of pyridine rings is 2. The van der Waals surface area contributed by atoms with Crippen molar-refractivity contribution in [3.05, 3.63) is 443 Å². The van der Waals surface area contributed by atoms with Crippen LogP contribution in [0.3, 0.4) is 0 Å². The molecule has 0 spiro atoms. The summed E-state index contributed by atoms with van der Waals surface area (Å²) in [6.45, 7) is -1.36. The smallest absolute Gasteiger partial charge is 0.303 e. The van der Waals surface area contributed by atoms with Gasteiger partial charge in [0.2, 0.25) is 0 Å². The minimum atomic E-state index is -1.00. The van der Waals surface area contributed by atoms with E-state index < -0.39 is 50.0 Å². The molecule has 12 aromatic carbocycles. The minimum Gasteiger partial charge on any atom is -0.493 e. The van der Waals surface area contributed by atoms with Crippen molar-refractivity contribution >= 4 is 58.8 Å². The van der Waals surface area contributed by atoms with E-state index in [0.29, 0.717) is 139 Å². The molecule has 3 heterocycles. The molecule has 1 fully saturated rings. The van der Waals surface area contributed by atoms with Crippen molar-refractivity contribution in [1.82, 2.24) is 29.6 Å². The summed E-state index contributed by atoms with van der Waals surface area (Å²) in [5.74, 6) is -1.78.